The van der Waals surface area contributed by atoms with Crippen LogP contribution in [-0.4, -0.2) is 27.0 Å². The van der Waals surface area contributed by atoms with E-state index in [-0.39, 0.29) is 11.5 Å². The molecule has 124 valence electrons. The first-order chi connectivity index (χ1) is 11.6. The molecule has 0 spiro atoms. The van der Waals surface area contributed by atoms with E-state index in [1.807, 2.05) is 32.0 Å². The summed E-state index contributed by atoms with van der Waals surface area (Å²) in [6.07, 6.45) is 0. The van der Waals surface area contributed by atoms with Crippen LogP contribution in [0.4, 0.5) is 0 Å². The summed E-state index contributed by atoms with van der Waals surface area (Å²) in [5.74, 6) is 1.57. The molecular weight excluding hydrogens is 308 g/mol. The average Bonchev–Trinajstić information content (AvgIpc) is 2.91. The molecule has 0 bridgehead atoms. The summed E-state index contributed by atoms with van der Waals surface area (Å²) >= 11 is 0. The lowest BCUT2D eigenvalue weighted by Crippen LogP contribution is -1.95. The Morgan fingerprint density at radius 2 is 1.83 bits per heavy atom. The Balaban J connectivity index is 2.03. The summed E-state index contributed by atoms with van der Waals surface area (Å²) in [6.45, 7) is 4.25. The number of aromatic hydroxyl groups is 2. The van der Waals surface area contributed by atoms with Gasteiger partial charge < -0.3 is 19.7 Å². The number of hydrogen-bond acceptors (Lipinski definition) is 5. The molecule has 1 heterocycles. The van der Waals surface area contributed by atoms with Crippen LogP contribution in [0, 0.1) is 6.92 Å². The van der Waals surface area contributed by atoms with Crippen LogP contribution in [0.3, 0.4) is 0 Å². The Kier molecular flexibility index (Phi) is 4.29. The van der Waals surface area contributed by atoms with E-state index in [9.17, 15) is 10.2 Å². The Bertz CT molecular complexity index is 858. The predicted molar refractivity (Wildman–Crippen MR) is 89.8 cm³/mol. The SMILES string of the molecule is CCOc1ccccc1Oc1c(-c2ccc(O)cc2O)n[nH]c1C. The van der Waals surface area contributed by atoms with Gasteiger partial charge in [-0.3, -0.25) is 5.10 Å². The highest BCUT2D eigenvalue weighted by Crippen LogP contribution is 2.41. The fourth-order valence-electron chi connectivity index (χ4n) is 2.37. The van der Waals surface area contributed by atoms with Crippen molar-refractivity contribution >= 4 is 0 Å². The van der Waals surface area contributed by atoms with Crippen molar-refractivity contribution in [2.75, 3.05) is 6.61 Å². The summed E-state index contributed by atoms with van der Waals surface area (Å²) in [7, 11) is 0. The first-order valence-electron chi connectivity index (χ1n) is 7.57. The van der Waals surface area contributed by atoms with E-state index in [1.54, 1.807) is 12.1 Å². The first-order valence-corrected chi connectivity index (χ1v) is 7.57. The molecule has 0 unspecified atom stereocenters. The van der Waals surface area contributed by atoms with Gasteiger partial charge >= 0.3 is 0 Å². The summed E-state index contributed by atoms with van der Waals surface area (Å²) in [6, 6.07) is 11.7. The molecule has 3 N–H and O–H groups in total. The quantitative estimate of drug-likeness (QED) is 0.660. The van der Waals surface area contributed by atoms with E-state index in [0.717, 1.165) is 0 Å². The Labute approximate surface area is 139 Å². The highest BCUT2D eigenvalue weighted by Gasteiger charge is 2.19. The van der Waals surface area contributed by atoms with Gasteiger partial charge in [-0.05, 0) is 38.1 Å². The zero-order valence-corrected chi connectivity index (χ0v) is 13.4. The zero-order valence-electron chi connectivity index (χ0n) is 13.4. The van der Waals surface area contributed by atoms with Gasteiger partial charge in [-0.25, -0.2) is 0 Å². The third-order valence-corrected chi connectivity index (χ3v) is 3.49. The number of nitrogens with one attached hydrogen (secondary N) is 1. The average molecular weight is 326 g/mol. The van der Waals surface area contributed by atoms with E-state index in [2.05, 4.69) is 10.2 Å². The second kappa shape index (κ2) is 6.54. The zero-order chi connectivity index (χ0) is 17.1. The van der Waals surface area contributed by atoms with Gasteiger partial charge in [0.05, 0.1) is 12.3 Å². The molecule has 0 aliphatic heterocycles. The summed E-state index contributed by atoms with van der Waals surface area (Å²) < 4.78 is 11.6. The number of hydrogen-bond donors (Lipinski definition) is 3. The third-order valence-electron chi connectivity index (χ3n) is 3.49. The minimum Gasteiger partial charge on any atom is -0.508 e. The number of nitrogens with zero attached hydrogens (tertiary/aromatic N) is 1. The molecule has 0 saturated heterocycles. The normalized spacial score (nSPS) is 10.6. The second-order valence-electron chi connectivity index (χ2n) is 5.21. The number of ether oxygens (including phenoxy) is 2. The van der Waals surface area contributed by atoms with Crippen molar-refractivity contribution in [2.45, 2.75) is 13.8 Å². The highest BCUT2D eigenvalue weighted by molar-refractivity contribution is 5.74. The molecule has 0 atom stereocenters. The molecule has 24 heavy (non-hydrogen) atoms. The molecule has 0 amide bonds. The molecule has 0 aliphatic carbocycles. The van der Waals surface area contributed by atoms with Crippen LogP contribution < -0.4 is 9.47 Å². The molecule has 0 saturated carbocycles. The lowest BCUT2D eigenvalue weighted by molar-refractivity contribution is 0.321. The highest BCUT2D eigenvalue weighted by atomic mass is 16.5. The van der Waals surface area contributed by atoms with Crippen LogP contribution in [0.5, 0.6) is 28.7 Å². The van der Waals surface area contributed by atoms with Crippen LogP contribution in [-0.2, 0) is 0 Å². The van der Waals surface area contributed by atoms with Crippen molar-refractivity contribution in [1.82, 2.24) is 10.2 Å². The van der Waals surface area contributed by atoms with Crippen molar-refractivity contribution < 1.29 is 19.7 Å². The van der Waals surface area contributed by atoms with Gasteiger partial charge in [-0.15, -0.1) is 0 Å². The van der Waals surface area contributed by atoms with Crippen LogP contribution in [0.2, 0.25) is 0 Å². The Morgan fingerprint density at radius 3 is 2.54 bits per heavy atom. The molecule has 2 aromatic carbocycles. The van der Waals surface area contributed by atoms with Gasteiger partial charge in [0.15, 0.2) is 17.2 Å². The first kappa shape index (κ1) is 15.7. The molecule has 3 aromatic rings. The predicted octanol–water partition coefficient (Wildman–Crippen LogP) is 3.99. The number of phenolic OH excluding ortho intramolecular Hbond substituents is 2. The maximum absolute atomic E-state index is 10.1. The van der Waals surface area contributed by atoms with Crippen LogP contribution in [0.25, 0.3) is 11.3 Å². The van der Waals surface area contributed by atoms with Gasteiger partial charge in [0.1, 0.15) is 17.2 Å². The molecule has 3 rings (SSSR count). The molecule has 0 radical (unpaired) electrons. The van der Waals surface area contributed by atoms with Gasteiger partial charge in [0.2, 0.25) is 0 Å². The maximum atomic E-state index is 10.1. The third kappa shape index (κ3) is 2.99. The number of H-pyrrole nitrogens is 1. The van der Waals surface area contributed by atoms with Gasteiger partial charge in [0.25, 0.3) is 0 Å². The molecule has 6 heteroatoms. The van der Waals surface area contributed by atoms with Crippen molar-refractivity contribution in [1.29, 1.82) is 0 Å². The number of aromatic amines is 1. The molecule has 1 aromatic heterocycles. The Hall–Kier alpha value is -3.15. The molecule has 0 fully saturated rings. The van der Waals surface area contributed by atoms with E-state index >= 15 is 0 Å². The standard InChI is InChI=1S/C18H18N2O4/c1-3-23-15-6-4-5-7-16(15)24-18-11(2)19-20-17(18)13-9-8-12(21)10-14(13)22/h4-10,21-22H,3H2,1-2H3,(H,19,20). The number of phenols is 2. The number of benzene rings is 2. The van der Waals surface area contributed by atoms with Crippen molar-refractivity contribution in [3.63, 3.8) is 0 Å². The lowest BCUT2D eigenvalue weighted by Gasteiger charge is -2.12. The van der Waals surface area contributed by atoms with E-state index < -0.39 is 0 Å². The largest absolute Gasteiger partial charge is 0.508 e. The van der Waals surface area contributed by atoms with Crippen molar-refractivity contribution in [2.24, 2.45) is 0 Å². The van der Waals surface area contributed by atoms with Crippen LogP contribution >= 0.6 is 0 Å². The second-order valence-corrected chi connectivity index (χ2v) is 5.21. The number of rotatable bonds is 5. The van der Waals surface area contributed by atoms with Crippen molar-refractivity contribution in [3.05, 3.63) is 48.2 Å². The maximum Gasteiger partial charge on any atom is 0.176 e. The van der Waals surface area contributed by atoms with Crippen LogP contribution in [0.15, 0.2) is 42.5 Å². The summed E-state index contributed by atoms with van der Waals surface area (Å²) in [4.78, 5) is 0. The minimum absolute atomic E-state index is 0.0207. The topological polar surface area (TPSA) is 87.6 Å². The fraction of sp³-hybridized carbons (Fsp3) is 0.167. The minimum atomic E-state index is -0.0792. The molecular formula is C18H18N2O4. The summed E-state index contributed by atoms with van der Waals surface area (Å²) in [5.41, 5.74) is 1.63. The lowest BCUT2D eigenvalue weighted by atomic mass is 10.1. The summed E-state index contributed by atoms with van der Waals surface area (Å²) in [5, 5.41) is 26.6. The fourth-order valence-corrected chi connectivity index (χ4v) is 2.37. The molecule has 0 aliphatic rings. The number of aryl methyl sites for hydroxylation is 1. The van der Waals surface area contributed by atoms with E-state index in [4.69, 9.17) is 9.47 Å². The van der Waals surface area contributed by atoms with Crippen LogP contribution in [0.1, 0.15) is 12.6 Å². The smallest absolute Gasteiger partial charge is 0.176 e. The van der Waals surface area contributed by atoms with Gasteiger partial charge in [0, 0.05) is 11.6 Å². The van der Waals surface area contributed by atoms with E-state index in [0.29, 0.717) is 40.8 Å². The Morgan fingerprint density at radius 1 is 1.08 bits per heavy atom. The van der Waals surface area contributed by atoms with Gasteiger partial charge in [-0.1, -0.05) is 12.1 Å². The monoisotopic (exact) mass is 326 g/mol. The van der Waals surface area contributed by atoms with E-state index in [1.165, 1.54) is 12.1 Å². The number of para-hydroxylation sites is 2. The number of aromatic nitrogens is 2. The van der Waals surface area contributed by atoms with Gasteiger partial charge in [-0.2, -0.15) is 5.10 Å². The molecule has 6 nitrogen and oxygen atoms in total. The van der Waals surface area contributed by atoms with Crippen molar-refractivity contribution in [3.8, 4) is 40.0 Å².